The van der Waals surface area contributed by atoms with Crippen molar-refractivity contribution in [3.8, 4) is 0 Å². The van der Waals surface area contributed by atoms with Crippen molar-refractivity contribution in [2.24, 2.45) is 5.92 Å². The summed E-state index contributed by atoms with van der Waals surface area (Å²) in [7, 11) is 0. The molecule has 1 atom stereocenters. The van der Waals surface area contributed by atoms with Gasteiger partial charge in [0.05, 0.1) is 0 Å². The maximum absolute atomic E-state index is 11.5. The molecule has 15 heavy (non-hydrogen) atoms. The van der Waals surface area contributed by atoms with Gasteiger partial charge < -0.3 is 15.3 Å². The quantitative estimate of drug-likeness (QED) is 0.730. The molecular weight excluding hydrogens is 196 g/mol. The van der Waals surface area contributed by atoms with Crippen molar-refractivity contribution < 1.29 is 14.7 Å². The second kappa shape index (κ2) is 5.00. The number of hydrogen-bond acceptors (Lipinski definition) is 2. The fourth-order valence-corrected chi connectivity index (χ4v) is 1.75. The van der Waals surface area contributed by atoms with E-state index in [9.17, 15) is 9.59 Å². The zero-order valence-electron chi connectivity index (χ0n) is 9.19. The summed E-state index contributed by atoms with van der Waals surface area (Å²) in [4.78, 5) is 24.0. The van der Waals surface area contributed by atoms with E-state index >= 15 is 0 Å². The standard InChI is InChI=1S/C10H18N2O3/c1-7(2)6-8(9(13)14)12-5-3-4-11-10(12)15/h7-8H,3-6H2,1-2H3,(H,11,15)(H,13,14). The van der Waals surface area contributed by atoms with Crippen molar-refractivity contribution >= 4 is 12.0 Å². The lowest BCUT2D eigenvalue weighted by Gasteiger charge is -2.33. The zero-order chi connectivity index (χ0) is 11.4. The molecule has 1 aliphatic heterocycles. The van der Waals surface area contributed by atoms with E-state index in [2.05, 4.69) is 5.32 Å². The summed E-state index contributed by atoms with van der Waals surface area (Å²) in [5.41, 5.74) is 0. The van der Waals surface area contributed by atoms with Gasteiger partial charge in [-0.3, -0.25) is 0 Å². The monoisotopic (exact) mass is 214 g/mol. The lowest BCUT2D eigenvalue weighted by atomic mass is 10.0. The van der Waals surface area contributed by atoms with Gasteiger partial charge in [0.25, 0.3) is 0 Å². The average Bonchev–Trinajstić information content (AvgIpc) is 2.15. The van der Waals surface area contributed by atoms with Gasteiger partial charge in [-0.25, -0.2) is 9.59 Å². The van der Waals surface area contributed by atoms with Crippen LogP contribution in [0.25, 0.3) is 0 Å². The van der Waals surface area contributed by atoms with Crippen LogP contribution in [0.3, 0.4) is 0 Å². The van der Waals surface area contributed by atoms with Crippen molar-refractivity contribution in [2.45, 2.75) is 32.7 Å². The Kier molecular flexibility index (Phi) is 3.94. The van der Waals surface area contributed by atoms with Gasteiger partial charge in [0, 0.05) is 13.1 Å². The predicted octanol–water partition coefficient (Wildman–Crippen LogP) is 0.901. The maximum atomic E-state index is 11.5. The van der Waals surface area contributed by atoms with Crippen LogP contribution >= 0.6 is 0 Å². The highest BCUT2D eigenvalue weighted by atomic mass is 16.4. The molecule has 5 nitrogen and oxygen atoms in total. The van der Waals surface area contributed by atoms with Crippen LogP contribution in [0.1, 0.15) is 26.7 Å². The third kappa shape index (κ3) is 3.11. The minimum atomic E-state index is -0.916. The predicted molar refractivity (Wildman–Crippen MR) is 55.6 cm³/mol. The molecule has 0 saturated carbocycles. The molecule has 0 spiro atoms. The lowest BCUT2D eigenvalue weighted by molar-refractivity contribution is -0.143. The number of carbonyl (C=O) groups is 2. The van der Waals surface area contributed by atoms with Crippen LogP contribution in [0.5, 0.6) is 0 Å². The SMILES string of the molecule is CC(C)CC(C(=O)O)N1CCCNC1=O. The number of hydrogen-bond donors (Lipinski definition) is 2. The number of urea groups is 1. The van der Waals surface area contributed by atoms with Crippen LogP contribution < -0.4 is 5.32 Å². The highest BCUT2D eigenvalue weighted by molar-refractivity contribution is 5.83. The molecular formula is C10H18N2O3. The molecule has 2 amide bonds. The average molecular weight is 214 g/mol. The van der Waals surface area contributed by atoms with Gasteiger partial charge in [-0.15, -0.1) is 0 Å². The van der Waals surface area contributed by atoms with Gasteiger partial charge in [-0.05, 0) is 18.8 Å². The Morgan fingerprint density at radius 1 is 1.60 bits per heavy atom. The molecule has 0 aromatic carbocycles. The number of carboxylic acids is 1. The van der Waals surface area contributed by atoms with E-state index in [1.54, 1.807) is 0 Å². The van der Waals surface area contributed by atoms with Crippen LogP contribution in [-0.4, -0.2) is 41.1 Å². The number of carboxylic acid groups (broad SMARTS) is 1. The molecule has 0 aromatic rings. The largest absolute Gasteiger partial charge is 0.480 e. The van der Waals surface area contributed by atoms with Gasteiger partial charge in [-0.1, -0.05) is 13.8 Å². The number of nitrogens with one attached hydrogen (secondary N) is 1. The number of aliphatic carboxylic acids is 1. The summed E-state index contributed by atoms with van der Waals surface area (Å²) in [6.45, 7) is 5.09. The molecule has 5 heteroatoms. The highest BCUT2D eigenvalue weighted by Crippen LogP contribution is 2.14. The lowest BCUT2D eigenvalue weighted by Crippen LogP contribution is -2.54. The van der Waals surface area contributed by atoms with Gasteiger partial charge in [0.1, 0.15) is 6.04 Å². The first-order chi connectivity index (χ1) is 7.02. The fourth-order valence-electron chi connectivity index (χ4n) is 1.75. The second-order valence-corrected chi connectivity index (χ2v) is 4.26. The molecule has 1 rings (SSSR count). The molecule has 1 saturated heterocycles. The first-order valence-electron chi connectivity index (χ1n) is 5.29. The highest BCUT2D eigenvalue weighted by Gasteiger charge is 2.31. The summed E-state index contributed by atoms with van der Waals surface area (Å²) < 4.78 is 0. The normalized spacial score (nSPS) is 18.9. The van der Waals surface area contributed by atoms with Crippen LogP contribution in [-0.2, 0) is 4.79 Å². The third-order valence-electron chi connectivity index (χ3n) is 2.47. The summed E-state index contributed by atoms with van der Waals surface area (Å²) in [5.74, 6) is -0.651. The van der Waals surface area contributed by atoms with Crippen molar-refractivity contribution in [1.29, 1.82) is 0 Å². The maximum Gasteiger partial charge on any atom is 0.326 e. The molecule has 0 aliphatic carbocycles. The molecule has 1 aliphatic rings. The Hall–Kier alpha value is -1.26. The molecule has 0 aromatic heterocycles. The van der Waals surface area contributed by atoms with Crippen LogP contribution in [0.4, 0.5) is 4.79 Å². The van der Waals surface area contributed by atoms with Crippen molar-refractivity contribution in [3.05, 3.63) is 0 Å². The van der Waals surface area contributed by atoms with E-state index in [1.807, 2.05) is 13.8 Å². The molecule has 0 bridgehead atoms. The fraction of sp³-hybridized carbons (Fsp3) is 0.800. The number of nitrogens with zero attached hydrogens (tertiary/aromatic N) is 1. The number of rotatable bonds is 4. The smallest absolute Gasteiger partial charge is 0.326 e. The summed E-state index contributed by atoms with van der Waals surface area (Å²) in [6, 6.07) is -0.945. The topological polar surface area (TPSA) is 69.6 Å². The molecule has 1 heterocycles. The van der Waals surface area contributed by atoms with Crippen molar-refractivity contribution in [2.75, 3.05) is 13.1 Å². The van der Waals surface area contributed by atoms with E-state index < -0.39 is 12.0 Å². The molecule has 0 radical (unpaired) electrons. The van der Waals surface area contributed by atoms with Gasteiger partial charge >= 0.3 is 12.0 Å². The van der Waals surface area contributed by atoms with E-state index in [1.165, 1.54) is 4.90 Å². The van der Waals surface area contributed by atoms with Crippen molar-refractivity contribution in [3.63, 3.8) is 0 Å². The van der Waals surface area contributed by atoms with Crippen LogP contribution in [0.2, 0.25) is 0 Å². The first kappa shape index (κ1) is 11.8. The van der Waals surface area contributed by atoms with E-state index in [-0.39, 0.29) is 11.9 Å². The summed E-state index contributed by atoms with van der Waals surface area (Å²) in [5, 5.41) is 11.7. The van der Waals surface area contributed by atoms with Gasteiger partial charge in [-0.2, -0.15) is 0 Å². The van der Waals surface area contributed by atoms with E-state index in [0.717, 1.165) is 6.42 Å². The van der Waals surface area contributed by atoms with E-state index in [4.69, 9.17) is 5.11 Å². The Labute approximate surface area is 89.4 Å². The third-order valence-corrected chi connectivity index (χ3v) is 2.47. The Balaban J connectivity index is 2.69. The number of amides is 2. The Bertz CT molecular complexity index is 253. The van der Waals surface area contributed by atoms with E-state index in [0.29, 0.717) is 19.5 Å². The first-order valence-corrected chi connectivity index (χ1v) is 5.29. The zero-order valence-corrected chi connectivity index (χ0v) is 9.19. The summed E-state index contributed by atoms with van der Waals surface area (Å²) >= 11 is 0. The minimum Gasteiger partial charge on any atom is -0.480 e. The second-order valence-electron chi connectivity index (χ2n) is 4.26. The molecule has 1 unspecified atom stereocenters. The minimum absolute atomic E-state index is 0.255. The Morgan fingerprint density at radius 3 is 2.73 bits per heavy atom. The Morgan fingerprint density at radius 2 is 2.27 bits per heavy atom. The van der Waals surface area contributed by atoms with Gasteiger partial charge in [0.2, 0.25) is 0 Å². The van der Waals surface area contributed by atoms with Crippen molar-refractivity contribution in [1.82, 2.24) is 10.2 Å². The van der Waals surface area contributed by atoms with Crippen LogP contribution in [0.15, 0.2) is 0 Å². The van der Waals surface area contributed by atoms with Crippen LogP contribution in [0, 0.1) is 5.92 Å². The molecule has 1 fully saturated rings. The van der Waals surface area contributed by atoms with Gasteiger partial charge in [0.15, 0.2) is 0 Å². The number of carbonyl (C=O) groups excluding carboxylic acids is 1. The molecule has 86 valence electrons. The molecule has 2 N–H and O–H groups in total. The summed E-state index contributed by atoms with van der Waals surface area (Å²) in [6.07, 6.45) is 1.32.